The fraction of sp³-hybridized carbons (Fsp3) is 0.538. The van der Waals surface area contributed by atoms with Crippen LogP contribution in [0.25, 0.3) is 0 Å². The van der Waals surface area contributed by atoms with Crippen molar-refractivity contribution in [1.29, 1.82) is 0 Å². The number of nitrogens with zero attached hydrogens (tertiary/aromatic N) is 2. The van der Waals surface area contributed by atoms with Crippen molar-refractivity contribution in [1.82, 2.24) is 4.98 Å². The second-order valence-corrected chi connectivity index (χ2v) is 4.88. The van der Waals surface area contributed by atoms with E-state index in [0.29, 0.717) is 11.1 Å². The fourth-order valence-corrected chi connectivity index (χ4v) is 2.26. The van der Waals surface area contributed by atoms with Crippen molar-refractivity contribution in [2.45, 2.75) is 25.9 Å². The molecule has 98 valence electrons. The summed E-state index contributed by atoms with van der Waals surface area (Å²) in [6.07, 6.45) is 4.37. The highest BCUT2D eigenvalue weighted by Crippen LogP contribution is 2.17. The normalized spacial score (nSPS) is 18.8. The van der Waals surface area contributed by atoms with Crippen LogP contribution in [-0.2, 0) is 4.74 Å². The van der Waals surface area contributed by atoms with Crippen LogP contribution in [0.3, 0.4) is 0 Å². The molecule has 2 rings (SSSR count). The highest BCUT2D eigenvalue weighted by Gasteiger charge is 2.19. The molecule has 0 aromatic carbocycles. The fourth-order valence-electron chi connectivity index (χ4n) is 2.14. The molecule has 2 heterocycles. The van der Waals surface area contributed by atoms with E-state index in [1.165, 1.54) is 0 Å². The number of hydrogen-bond donors (Lipinski definition) is 1. The second kappa shape index (κ2) is 6.11. The molecule has 1 aliphatic rings. The Morgan fingerprint density at radius 2 is 2.44 bits per heavy atom. The zero-order valence-electron chi connectivity index (χ0n) is 10.6. The topological polar surface area (TPSA) is 51.4 Å². The van der Waals surface area contributed by atoms with Crippen LogP contribution in [0.4, 0.5) is 5.82 Å². The zero-order valence-corrected chi connectivity index (χ0v) is 11.4. The van der Waals surface area contributed by atoms with Gasteiger partial charge >= 0.3 is 0 Å². The lowest BCUT2D eigenvalue weighted by Gasteiger charge is -2.25. The molecule has 1 aliphatic heterocycles. The molecule has 0 radical (unpaired) electrons. The summed E-state index contributed by atoms with van der Waals surface area (Å²) < 4.78 is 5.66. The third-order valence-corrected chi connectivity index (χ3v) is 3.42. The Hall–Kier alpha value is -1.20. The van der Waals surface area contributed by atoms with Gasteiger partial charge in [0.2, 0.25) is 0 Å². The Kier molecular flexibility index (Phi) is 4.49. The van der Waals surface area contributed by atoms with Crippen LogP contribution in [0.1, 0.15) is 25.3 Å². The highest BCUT2D eigenvalue weighted by atomic mass is 32.1. The summed E-state index contributed by atoms with van der Waals surface area (Å²) in [6, 6.07) is 3.88. The highest BCUT2D eigenvalue weighted by molar-refractivity contribution is 7.80. The lowest BCUT2D eigenvalue weighted by atomic mass is 10.2. The van der Waals surface area contributed by atoms with Crippen molar-refractivity contribution in [3.8, 4) is 0 Å². The molecule has 4 nitrogen and oxygen atoms in total. The Morgan fingerprint density at radius 3 is 2.94 bits per heavy atom. The summed E-state index contributed by atoms with van der Waals surface area (Å²) in [5, 5.41) is 0. The van der Waals surface area contributed by atoms with Gasteiger partial charge in [-0.15, -0.1) is 0 Å². The number of pyridine rings is 1. The first kappa shape index (κ1) is 13.2. The van der Waals surface area contributed by atoms with Crippen LogP contribution < -0.4 is 10.6 Å². The number of thiocarbonyl (C=S) groups is 1. The monoisotopic (exact) mass is 265 g/mol. The predicted octanol–water partition coefficient (Wildman–Crippen LogP) is 1.72. The molecular formula is C13H19N3OS. The van der Waals surface area contributed by atoms with E-state index in [1.807, 2.05) is 12.1 Å². The minimum atomic E-state index is 0.335. The van der Waals surface area contributed by atoms with Gasteiger partial charge in [0.15, 0.2) is 0 Å². The molecule has 1 aromatic heterocycles. The number of anilines is 1. The summed E-state index contributed by atoms with van der Waals surface area (Å²) in [7, 11) is 0. The number of aromatic nitrogens is 1. The van der Waals surface area contributed by atoms with Crippen molar-refractivity contribution in [3.05, 3.63) is 23.9 Å². The number of hydrogen-bond acceptors (Lipinski definition) is 4. The van der Waals surface area contributed by atoms with E-state index in [9.17, 15) is 0 Å². The molecule has 0 bridgehead atoms. The van der Waals surface area contributed by atoms with Crippen LogP contribution in [0.15, 0.2) is 18.3 Å². The summed E-state index contributed by atoms with van der Waals surface area (Å²) in [5.74, 6) is 0.952. The van der Waals surface area contributed by atoms with Crippen LogP contribution in [-0.4, -0.2) is 35.8 Å². The van der Waals surface area contributed by atoms with E-state index in [0.717, 1.165) is 43.9 Å². The summed E-state index contributed by atoms with van der Waals surface area (Å²) in [4.78, 5) is 7.02. The third-order valence-electron chi connectivity index (χ3n) is 3.19. The van der Waals surface area contributed by atoms with Gasteiger partial charge in [-0.25, -0.2) is 4.98 Å². The molecule has 2 N–H and O–H groups in total. The van der Waals surface area contributed by atoms with Crippen LogP contribution >= 0.6 is 12.2 Å². The first-order valence-electron chi connectivity index (χ1n) is 6.33. The summed E-state index contributed by atoms with van der Waals surface area (Å²) in [5.41, 5.74) is 6.37. The molecule has 0 aliphatic carbocycles. The smallest absolute Gasteiger partial charge is 0.128 e. The maximum atomic E-state index is 5.66. The molecule has 18 heavy (non-hydrogen) atoms. The number of ether oxygens (including phenoxy) is 1. The van der Waals surface area contributed by atoms with E-state index >= 15 is 0 Å². The summed E-state index contributed by atoms with van der Waals surface area (Å²) in [6.45, 7) is 4.82. The molecule has 0 spiro atoms. The zero-order chi connectivity index (χ0) is 13.0. The Labute approximate surface area is 113 Å². The molecule has 1 aromatic rings. The van der Waals surface area contributed by atoms with Gasteiger partial charge in [-0.2, -0.15) is 0 Å². The van der Waals surface area contributed by atoms with Gasteiger partial charge in [0.25, 0.3) is 0 Å². The van der Waals surface area contributed by atoms with E-state index in [2.05, 4.69) is 16.8 Å². The molecule has 1 saturated heterocycles. The Balaban J connectivity index is 2.04. The molecule has 1 fully saturated rings. The van der Waals surface area contributed by atoms with Gasteiger partial charge in [-0.05, 0) is 31.9 Å². The van der Waals surface area contributed by atoms with Crippen molar-refractivity contribution in [3.63, 3.8) is 0 Å². The molecule has 0 saturated carbocycles. The van der Waals surface area contributed by atoms with E-state index in [-0.39, 0.29) is 0 Å². The Morgan fingerprint density at radius 1 is 1.61 bits per heavy atom. The molecule has 5 heteroatoms. The van der Waals surface area contributed by atoms with Crippen molar-refractivity contribution in [2.75, 3.05) is 24.6 Å². The number of nitrogens with two attached hydrogens (primary N) is 1. The third kappa shape index (κ3) is 3.17. The van der Waals surface area contributed by atoms with Crippen LogP contribution in [0, 0.1) is 0 Å². The largest absolute Gasteiger partial charge is 0.389 e. The van der Waals surface area contributed by atoms with Gasteiger partial charge in [0, 0.05) is 31.5 Å². The number of rotatable bonds is 5. The lowest BCUT2D eigenvalue weighted by Crippen LogP contribution is -2.32. The molecule has 1 atom stereocenters. The van der Waals surface area contributed by atoms with Gasteiger partial charge in [-0.1, -0.05) is 12.2 Å². The van der Waals surface area contributed by atoms with Gasteiger partial charge in [0.05, 0.1) is 6.10 Å². The van der Waals surface area contributed by atoms with Crippen molar-refractivity contribution in [2.24, 2.45) is 5.73 Å². The summed E-state index contributed by atoms with van der Waals surface area (Å²) >= 11 is 4.92. The quantitative estimate of drug-likeness (QED) is 0.822. The van der Waals surface area contributed by atoms with Crippen molar-refractivity contribution >= 4 is 23.0 Å². The average Bonchev–Trinajstić information content (AvgIpc) is 2.89. The Bertz CT molecular complexity index is 401. The minimum absolute atomic E-state index is 0.335. The average molecular weight is 265 g/mol. The molecular weight excluding hydrogens is 246 g/mol. The molecule has 0 amide bonds. The minimum Gasteiger partial charge on any atom is -0.389 e. The second-order valence-electron chi connectivity index (χ2n) is 4.44. The molecule has 1 unspecified atom stereocenters. The standard InChI is InChI=1S/C13H19N3OS/c1-2-16(9-11-4-3-7-17-11)12-6-5-10(8-15-12)13(14)18/h5-6,8,11H,2-4,7,9H2,1H3,(H2,14,18). The van der Waals surface area contributed by atoms with Crippen LogP contribution in [0.2, 0.25) is 0 Å². The van der Waals surface area contributed by atoms with E-state index < -0.39 is 0 Å². The SMILES string of the molecule is CCN(CC1CCCO1)c1ccc(C(N)=S)cn1. The van der Waals surface area contributed by atoms with Crippen molar-refractivity contribution < 1.29 is 4.74 Å². The number of likely N-dealkylation sites (N-methyl/N-ethyl adjacent to an activating group) is 1. The maximum Gasteiger partial charge on any atom is 0.128 e. The van der Waals surface area contributed by atoms with Gasteiger partial charge in [0.1, 0.15) is 10.8 Å². The van der Waals surface area contributed by atoms with Gasteiger partial charge < -0.3 is 15.4 Å². The maximum absolute atomic E-state index is 5.66. The first-order chi connectivity index (χ1) is 8.70. The van der Waals surface area contributed by atoms with E-state index in [1.54, 1.807) is 6.20 Å². The van der Waals surface area contributed by atoms with Gasteiger partial charge in [-0.3, -0.25) is 0 Å². The van der Waals surface area contributed by atoms with E-state index in [4.69, 9.17) is 22.7 Å². The lowest BCUT2D eigenvalue weighted by molar-refractivity contribution is 0.115. The van der Waals surface area contributed by atoms with Crippen LogP contribution in [0.5, 0.6) is 0 Å². The first-order valence-corrected chi connectivity index (χ1v) is 6.74. The predicted molar refractivity (Wildman–Crippen MR) is 77.0 cm³/mol.